The summed E-state index contributed by atoms with van der Waals surface area (Å²) in [6.07, 6.45) is 0.921. The Labute approximate surface area is 158 Å². The van der Waals surface area contributed by atoms with E-state index in [0.717, 1.165) is 0 Å². The van der Waals surface area contributed by atoms with Crippen LogP contribution in [0, 0.1) is 11.2 Å². The average molecular weight is 421 g/mol. The van der Waals surface area contributed by atoms with Gasteiger partial charge in [-0.25, -0.2) is 4.39 Å². The topological polar surface area (TPSA) is 79.0 Å². The van der Waals surface area contributed by atoms with Crippen LogP contribution >= 0.6 is 15.9 Å². The molecule has 1 amide bonds. The molecule has 1 aliphatic rings. The third-order valence-electron chi connectivity index (χ3n) is 4.41. The Bertz CT molecular complexity index is 966. The normalized spacial score (nSPS) is 15.5. The van der Waals surface area contributed by atoms with E-state index < -0.39 is 17.3 Å². The molecule has 0 spiro atoms. The van der Waals surface area contributed by atoms with Gasteiger partial charge in [0.15, 0.2) is 5.78 Å². The summed E-state index contributed by atoms with van der Waals surface area (Å²) in [4.78, 5) is 39.7. The number of nitrogens with one attached hydrogen (secondary N) is 2. The predicted octanol–water partition coefficient (Wildman–Crippen LogP) is 3.36. The molecule has 0 saturated carbocycles. The van der Waals surface area contributed by atoms with Crippen molar-refractivity contribution in [3.8, 4) is 0 Å². The molecular formula is C19H18BrFN2O3. The molecule has 136 valence electrons. The number of hydrogen-bond donors (Lipinski definition) is 2. The number of fused-ring (bicyclic) bond motifs is 1. The number of ketones is 1. The quantitative estimate of drug-likeness (QED) is 0.798. The lowest BCUT2D eigenvalue weighted by Crippen LogP contribution is -2.34. The number of halogens is 2. The Morgan fingerprint density at radius 1 is 1.27 bits per heavy atom. The number of amides is 1. The van der Waals surface area contributed by atoms with E-state index in [9.17, 15) is 18.8 Å². The first kappa shape index (κ1) is 18.5. The number of carbonyl (C=O) groups is 2. The molecule has 0 saturated heterocycles. The van der Waals surface area contributed by atoms with Crippen molar-refractivity contribution >= 4 is 27.6 Å². The van der Waals surface area contributed by atoms with Crippen molar-refractivity contribution in [2.24, 2.45) is 5.41 Å². The van der Waals surface area contributed by atoms with Gasteiger partial charge in [0.25, 0.3) is 11.5 Å². The summed E-state index contributed by atoms with van der Waals surface area (Å²) in [5.74, 6) is -1.20. The molecule has 26 heavy (non-hydrogen) atoms. The molecule has 0 radical (unpaired) electrons. The summed E-state index contributed by atoms with van der Waals surface area (Å²) in [5.41, 5.74) is 0.303. The van der Waals surface area contributed by atoms with Crippen molar-refractivity contribution in [2.75, 3.05) is 0 Å². The molecule has 1 heterocycles. The first-order valence-electron chi connectivity index (χ1n) is 8.18. The van der Waals surface area contributed by atoms with Crippen LogP contribution in [-0.4, -0.2) is 16.7 Å². The second-order valence-corrected chi connectivity index (χ2v) is 8.18. The molecular weight excluding hydrogens is 403 g/mol. The maximum atomic E-state index is 13.8. The van der Waals surface area contributed by atoms with Crippen LogP contribution in [0.5, 0.6) is 0 Å². The van der Waals surface area contributed by atoms with Crippen LogP contribution in [0.25, 0.3) is 0 Å². The molecule has 5 nitrogen and oxygen atoms in total. The Hall–Kier alpha value is -2.28. The van der Waals surface area contributed by atoms with E-state index in [4.69, 9.17) is 0 Å². The summed E-state index contributed by atoms with van der Waals surface area (Å²) in [6.45, 7) is 3.85. The number of carbonyl (C=O) groups excluding carboxylic acids is 2. The number of benzene rings is 1. The lowest BCUT2D eigenvalue weighted by molar-refractivity contribution is 0.0910. The summed E-state index contributed by atoms with van der Waals surface area (Å²) in [5, 5.41) is 2.53. The van der Waals surface area contributed by atoms with Crippen LogP contribution in [0.15, 0.2) is 33.5 Å². The van der Waals surface area contributed by atoms with Gasteiger partial charge in [-0.15, -0.1) is 0 Å². The Kier molecular flexibility index (Phi) is 4.84. The molecule has 2 N–H and O–H groups in total. The molecule has 7 heteroatoms. The van der Waals surface area contributed by atoms with E-state index in [0.29, 0.717) is 34.1 Å². The molecule has 0 atom stereocenters. The first-order chi connectivity index (χ1) is 12.2. The van der Waals surface area contributed by atoms with Crippen LogP contribution in [0.2, 0.25) is 0 Å². The van der Waals surface area contributed by atoms with Crippen molar-refractivity contribution in [3.63, 3.8) is 0 Å². The summed E-state index contributed by atoms with van der Waals surface area (Å²) in [6, 6.07) is 5.75. The molecule has 1 aromatic carbocycles. The maximum absolute atomic E-state index is 13.8. The number of pyridine rings is 1. The molecule has 0 unspecified atom stereocenters. The monoisotopic (exact) mass is 420 g/mol. The molecule has 3 rings (SSSR count). The molecule has 0 bridgehead atoms. The van der Waals surface area contributed by atoms with Gasteiger partial charge in [0.1, 0.15) is 11.4 Å². The van der Waals surface area contributed by atoms with E-state index in [1.807, 2.05) is 13.8 Å². The van der Waals surface area contributed by atoms with E-state index in [1.54, 1.807) is 12.1 Å². The Balaban J connectivity index is 1.84. The molecule has 2 aromatic rings. The summed E-state index contributed by atoms with van der Waals surface area (Å²) in [7, 11) is 0. The molecule has 1 aromatic heterocycles. The van der Waals surface area contributed by atoms with Crippen molar-refractivity contribution in [3.05, 3.63) is 67.3 Å². The average Bonchev–Trinajstić information content (AvgIpc) is 2.53. The summed E-state index contributed by atoms with van der Waals surface area (Å²) < 4.78 is 14.4. The predicted molar refractivity (Wildman–Crippen MR) is 98.8 cm³/mol. The minimum absolute atomic E-state index is 0.0678. The first-order valence-corrected chi connectivity index (χ1v) is 8.97. The van der Waals surface area contributed by atoms with Crippen molar-refractivity contribution in [1.82, 2.24) is 10.3 Å². The second-order valence-electron chi connectivity index (χ2n) is 7.26. The van der Waals surface area contributed by atoms with Gasteiger partial charge in [-0.2, -0.15) is 0 Å². The highest BCUT2D eigenvalue weighted by Crippen LogP contribution is 2.33. The SMILES string of the molecule is CC1(C)CC(=O)c2cc(C(=O)NCc3cc(Br)ccc3F)c(=O)[nH]c2C1. The van der Waals surface area contributed by atoms with Gasteiger partial charge >= 0.3 is 0 Å². The van der Waals surface area contributed by atoms with Gasteiger partial charge < -0.3 is 10.3 Å². The smallest absolute Gasteiger partial charge is 0.261 e. The minimum Gasteiger partial charge on any atom is -0.348 e. The van der Waals surface area contributed by atoms with E-state index >= 15 is 0 Å². The summed E-state index contributed by atoms with van der Waals surface area (Å²) >= 11 is 3.24. The molecule has 1 aliphatic carbocycles. The highest BCUT2D eigenvalue weighted by molar-refractivity contribution is 9.10. The van der Waals surface area contributed by atoms with Gasteiger partial charge in [-0.3, -0.25) is 14.4 Å². The third kappa shape index (κ3) is 3.77. The van der Waals surface area contributed by atoms with Crippen molar-refractivity contribution in [2.45, 2.75) is 33.2 Å². The zero-order valence-electron chi connectivity index (χ0n) is 14.4. The fourth-order valence-corrected chi connectivity index (χ4v) is 3.55. The van der Waals surface area contributed by atoms with Crippen LogP contribution in [0.1, 0.15) is 52.2 Å². The highest BCUT2D eigenvalue weighted by atomic mass is 79.9. The molecule has 0 fully saturated rings. The van der Waals surface area contributed by atoms with Crippen LogP contribution in [0.4, 0.5) is 4.39 Å². The fourth-order valence-electron chi connectivity index (χ4n) is 3.15. The zero-order valence-corrected chi connectivity index (χ0v) is 16.0. The van der Waals surface area contributed by atoms with E-state index in [-0.39, 0.29) is 23.3 Å². The van der Waals surface area contributed by atoms with Crippen LogP contribution in [0.3, 0.4) is 0 Å². The van der Waals surface area contributed by atoms with Gasteiger partial charge in [0.2, 0.25) is 0 Å². The lowest BCUT2D eigenvalue weighted by Gasteiger charge is -2.29. The van der Waals surface area contributed by atoms with Crippen LogP contribution < -0.4 is 10.9 Å². The largest absolute Gasteiger partial charge is 0.348 e. The van der Waals surface area contributed by atoms with Gasteiger partial charge in [0.05, 0.1) is 0 Å². The van der Waals surface area contributed by atoms with Gasteiger partial charge in [-0.1, -0.05) is 29.8 Å². The fraction of sp³-hybridized carbons (Fsp3) is 0.316. The van der Waals surface area contributed by atoms with E-state index in [2.05, 4.69) is 26.2 Å². The number of aromatic amines is 1. The number of rotatable bonds is 3. The van der Waals surface area contributed by atoms with Gasteiger partial charge in [0, 0.05) is 34.3 Å². The van der Waals surface area contributed by atoms with Crippen LogP contribution in [-0.2, 0) is 13.0 Å². The Morgan fingerprint density at radius 2 is 2.00 bits per heavy atom. The van der Waals surface area contributed by atoms with Crippen molar-refractivity contribution in [1.29, 1.82) is 0 Å². The highest BCUT2D eigenvalue weighted by Gasteiger charge is 2.32. The lowest BCUT2D eigenvalue weighted by atomic mass is 9.75. The standard InChI is InChI=1S/C19H18BrFN2O3/c1-19(2)7-15-12(16(24)8-19)6-13(18(26)23-15)17(25)22-9-10-5-11(20)3-4-14(10)21/h3-6H,7-9H2,1-2H3,(H,22,25)(H,23,26). The number of Topliss-reactive ketones (excluding diaryl/α,β-unsaturated/α-hetero) is 1. The number of H-pyrrole nitrogens is 1. The Morgan fingerprint density at radius 3 is 2.73 bits per heavy atom. The van der Waals surface area contributed by atoms with Crippen molar-refractivity contribution < 1.29 is 14.0 Å². The number of hydrogen-bond acceptors (Lipinski definition) is 3. The van der Waals surface area contributed by atoms with E-state index in [1.165, 1.54) is 12.1 Å². The molecule has 0 aliphatic heterocycles. The third-order valence-corrected chi connectivity index (χ3v) is 4.90. The zero-order chi connectivity index (χ0) is 19.1. The maximum Gasteiger partial charge on any atom is 0.261 e. The number of aromatic nitrogens is 1. The minimum atomic E-state index is -0.647. The van der Waals surface area contributed by atoms with Gasteiger partial charge in [-0.05, 0) is 36.1 Å². The second kappa shape index (κ2) is 6.79.